The number of guanidine groups is 1. The van der Waals surface area contributed by atoms with E-state index in [0.29, 0.717) is 66.2 Å². The summed E-state index contributed by atoms with van der Waals surface area (Å²) >= 11 is 0. The molecule has 1 aromatic rings. The third kappa shape index (κ3) is 4.93. The lowest BCUT2D eigenvalue weighted by Crippen LogP contribution is -2.34. The number of hydrogen-bond acceptors (Lipinski definition) is 5. The fourth-order valence-corrected chi connectivity index (χ4v) is 5.53. The number of ether oxygens (including phenoxy) is 1. The molecule has 0 amide bonds. The zero-order valence-electron chi connectivity index (χ0n) is 20.0. The van der Waals surface area contributed by atoms with Crippen LogP contribution in [0.3, 0.4) is 0 Å². The molecule has 2 aliphatic heterocycles. The summed E-state index contributed by atoms with van der Waals surface area (Å²) in [6.07, 6.45) is 3.02. The van der Waals surface area contributed by atoms with Gasteiger partial charge < -0.3 is 10.1 Å². The van der Waals surface area contributed by atoms with Crippen molar-refractivity contribution in [3.05, 3.63) is 58.5 Å². The molecule has 4 aliphatic rings. The van der Waals surface area contributed by atoms with E-state index in [1.807, 2.05) is 0 Å². The van der Waals surface area contributed by atoms with Crippen LogP contribution in [0.2, 0.25) is 0 Å². The molecule has 0 radical (unpaired) electrons. The third-order valence-corrected chi connectivity index (χ3v) is 7.48. The summed E-state index contributed by atoms with van der Waals surface area (Å²) in [5, 5.41) is 3.19. The topological polar surface area (TPSA) is 63.1 Å². The number of halogens is 3. The summed E-state index contributed by atoms with van der Waals surface area (Å²) in [6, 6.07) is 4.24. The first-order valence-corrected chi connectivity index (χ1v) is 12.4. The smallest absolute Gasteiger partial charge is 0.416 e. The Morgan fingerprint density at radius 3 is 2.80 bits per heavy atom. The fraction of sp³-hybridized carbons (Fsp3) is 0.519. The first-order chi connectivity index (χ1) is 16.7. The maximum Gasteiger partial charge on any atom is 0.416 e. The van der Waals surface area contributed by atoms with Crippen molar-refractivity contribution in [2.24, 2.45) is 27.7 Å². The minimum atomic E-state index is -4.48. The second-order valence-electron chi connectivity index (χ2n) is 10.2. The Bertz CT molecular complexity index is 1150. The zero-order chi connectivity index (χ0) is 24.7. The Morgan fingerprint density at radius 1 is 1.17 bits per heavy atom. The number of carbonyl (C=O) groups is 1. The molecular weight excluding hydrogens is 455 g/mol. The van der Waals surface area contributed by atoms with Gasteiger partial charge in [0.25, 0.3) is 0 Å². The number of fused-ring (bicyclic) bond motifs is 1. The predicted molar refractivity (Wildman–Crippen MR) is 128 cm³/mol. The van der Waals surface area contributed by atoms with Crippen LogP contribution in [0.5, 0.6) is 0 Å². The van der Waals surface area contributed by atoms with Crippen LogP contribution in [-0.2, 0) is 15.7 Å². The van der Waals surface area contributed by atoms with E-state index < -0.39 is 17.8 Å². The maximum absolute atomic E-state index is 13.4. The highest BCUT2D eigenvalue weighted by molar-refractivity contribution is 6.02. The molecule has 8 heteroatoms. The van der Waals surface area contributed by atoms with E-state index in [1.54, 1.807) is 6.07 Å². The van der Waals surface area contributed by atoms with Crippen LogP contribution in [0.15, 0.2) is 57.4 Å². The van der Waals surface area contributed by atoms with Crippen LogP contribution in [0.4, 0.5) is 13.2 Å². The highest BCUT2D eigenvalue weighted by Crippen LogP contribution is 2.41. The van der Waals surface area contributed by atoms with Crippen LogP contribution >= 0.6 is 0 Å². The van der Waals surface area contributed by atoms with Gasteiger partial charge in [0.05, 0.1) is 5.56 Å². The molecule has 4 unspecified atom stereocenters. The van der Waals surface area contributed by atoms with E-state index in [2.05, 4.69) is 35.2 Å². The number of ketones is 1. The Balaban J connectivity index is 1.50. The van der Waals surface area contributed by atoms with E-state index >= 15 is 0 Å². The van der Waals surface area contributed by atoms with Crippen LogP contribution in [-0.4, -0.2) is 17.6 Å². The van der Waals surface area contributed by atoms with Gasteiger partial charge in [-0.1, -0.05) is 26.0 Å². The zero-order valence-corrected chi connectivity index (χ0v) is 20.0. The van der Waals surface area contributed by atoms with E-state index in [0.717, 1.165) is 37.2 Å². The largest absolute Gasteiger partial charge is 0.447 e. The first kappa shape index (κ1) is 23.8. The average Bonchev–Trinajstić information content (AvgIpc) is 2.97. The van der Waals surface area contributed by atoms with Crippen molar-refractivity contribution < 1.29 is 22.7 Å². The van der Waals surface area contributed by atoms with Gasteiger partial charge in [0.1, 0.15) is 11.8 Å². The maximum atomic E-state index is 13.4. The highest BCUT2D eigenvalue weighted by Gasteiger charge is 2.36. The van der Waals surface area contributed by atoms with Gasteiger partial charge in [0.15, 0.2) is 11.7 Å². The molecule has 1 aromatic carbocycles. The summed E-state index contributed by atoms with van der Waals surface area (Å²) in [5.74, 6) is 3.19. The summed E-state index contributed by atoms with van der Waals surface area (Å²) in [7, 11) is 0. The lowest BCUT2D eigenvalue weighted by Gasteiger charge is -2.30. The number of rotatable bonds is 1. The van der Waals surface area contributed by atoms with Crippen molar-refractivity contribution in [1.82, 2.24) is 5.32 Å². The van der Waals surface area contributed by atoms with Crippen LogP contribution in [0, 0.1) is 17.8 Å². The van der Waals surface area contributed by atoms with Crippen molar-refractivity contribution >= 4 is 17.6 Å². The molecule has 2 heterocycles. The SMILES string of the molecule is CC1CC=C2OC(=NC3=NC(c4cccc(C(F)(F)F)c4)C4=C(CCCC4=O)N3)CCC(C)C2C1. The molecule has 1 fully saturated rings. The number of allylic oxidation sites excluding steroid dienone is 3. The predicted octanol–water partition coefficient (Wildman–Crippen LogP) is 6.49. The number of nitrogens with one attached hydrogen (secondary N) is 1. The van der Waals surface area contributed by atoms with Gasteiger partial charge in [-0.05, 0) is 67.7 Å². The molecule has 0 bridgehead atoms. The molecule has 5 nitrogen and oxygen atoms in total. The number of carbonyl (C=O) groups excluding carboxylic acids is 1. The molecule has 4 atom stereocenters. The number of aliphatic imine (C=N–C) groups is 2. The van der Waals surface area contributed by atoms with Gasteiger partial charge in [-0.2, -0.15) is 18.2 Å². The van der Waals surface area contributed by atoms with Crippen molar-refractivity contribution in [3.63, 3.8) is 0 Å². The van der Waals surface area contributed by atoms with Crippen LogP contribution in [0.25, 0.3) is 0 Å². The van der Waals surface area contributed by atoms with E-state index in [4.69, 9.17) is 4.74 Å². The molecule has 5 rings (SSSR count). The van der Waals surface area contributed by atoms with Gasteiger partial charge in [0.2, 0.25) is 5.96 Å². The van der Waals surface area contributed by atoms with Gasteiger partial charge in [-0.15, -0.1) is 0 Å². The molecule has 0 spiro atoms. The first-order valence-electron chi connectivity index (χ1n) is 12.4. The standard InChI is InChI=1S/C27H30F3N3O2/c1-15-9-11-22-19(13-15)16(2)10-12-23(35-22)32-26-31-20-7-4-8-21(34)24(20)25(33-26)17-5-3-6-18(14-17)27(28,29)30/h3,5-6,11,14-16,19,25H,4,7-10,12-13H2,1-2H3,(H,31,33). The molecule has 186 valence electrons. The minimum absolute atomic E-state index is 0.0829. The third-order valence-electron chi connectivity index (χ3n) is 7.48. The summed E-state index contributed by atoms with van der Waals surface area (Å²) in [6.45, 7) is 4.50. The minimum Gasteiger partial charge on any atom is -0.447 e. The Kier molecular flexibility index (Phi) is 6.32. The average molecular weight is 486 g/mol. The Hall–Kier alpha value is -2.90. The van der Waals surface area contributed by atoms with Crippen molar-refractivity contribution in [2.45, 2.75) is 71.0 Å². The molecule has 1 N–H and O–H groups in total. The number of benzene rings is 1. The Morgan fingerprint density at radius 2 is 2.00 bits per heavy atom. The highest BCUT2D eigenvalue weighted by atomic mass is 19.4. The number of Topliss-reactive ketones (excluding diaryl/α,β-unsaturated/α-hetero) is 1. The van der Waals surface area contributed by atoms with Gasteiger partial charge in [0, 0.05) is 30.0 Å². The van der Waals surface area contributed by atoms with E-state index in [-0.39, 0.29) is 11.7 Å². The fourth-order valence-electron chi connectivity index (χ4n) is 5.53. The number of alkyl halides is 3. The second kappa shape index (κ2) is 9.28. The normalized spacial score (nSPS) is 30.4. The molecule has 0 aromatic heterocycles. The molecule has 2 aliphatic carbocycles. The van der Waals surface area contributed by atoms with Crippen LogP contribution < -0.4 is 5.32 Å². The summed E-state index contributed by atoms with van der Waals surface area (Å²) < 4.78 is 46.4. The molecule has 35 heavy (non-hydrogen) atoms. The number of hydrogen-bond donors (Lipinski definition) is 1. The van der Waals surface area contributed by atoms with Gasteiger partial charge in [-0.25, -0.2) is 4.99 Å². The van der Waals surface area contributed by atoms with Crippen molar-refractivity contribution in [2.75, 3.05) is 0 Å². The van der Waals surface area contributed by atoms with Crippen molar-refractivity contribution in [1.29, 1.82) is 0 Å². The van der Waals surface area contributed by atoms with Crippen molar-refractivity contribution in [3.8, 4) is 0 Å². The van der Waals surface area contributed by atoms with Gasteiger partial charge in [-0.3, -0.25) is 4.79 Å². The van der Waals surface area contributed by atoms with E-state index in [1.165, 1.54) is 6.07 Å². The molecular formula is C27H30F3N3O2. The lowest BCUT2D eigenvalue weighted by atomic mass is 9.78. The van der Waals surface area contributed by atoms with Crippen LogP contribution in [0.1, 0.15) is 76.0 Å². The molecule has 1 saturated heterocycles. The number of nitrogens with zero attached hydrogens (tertiary/aromatic N) is 2. The summed E-state index contributed by atoms with van der Waals surface area (Å²) in [5.41, 5.74) is 0.719. The Labute approximate surface area is 203 Å². The quantitative estimate of drug-likeness (QED) is 0.495. The van der Waals surface area contributed by atoms with E-state index in [9.17, 15) is 18.0 Å². The lowest BCUT2D eigenvalue weighted by molar-refractivity contribution is -0.137. The second-order valence-corrected chi connectivity index (χ2v) is 10.2. The van der Waals surface area contributed by atoms with Gasteiger partial charge >= 0.3 is 6.18 Å². The molecule has 0 saturated carbocycles. The summed E-state index contributed by atoms with van der Waals surface area (Å²) in [4.78, 5) is 22.1. The monoisotopic (exact) mass is 485 g/mol.